The number of primary amides is 1. The normalized spacial score (nSPS) is 18.1. The Bertz CT molecular complexity index is 561. The number of carbonyl (C=O) groups is 2. The minimum absolute atomic E-state index is 0.0763. The van der Waals surface area contributed by atoms with E-state index in [4.69, 9.17) is 10.8 Å². The Kier molecular flexibility index (Phi) is 3.34. The second kappa shape index (κ2) is 4.93. The van der Waals surface area contributed by atoms with Gasteiger partial charge in [0.1, 0.15) is 5.92 Å². The Labute approximate surface area is 104 Å². The van der Waals surface area contributed by atoms with Crippen molar-refractivity contribution in [3.63, 3.8) is 0 Å². The maximum absolute atomic E-state index is 12.0. The number of nitrogens with zero attached hydrogens (tertiary/aromatic N) is 1. The first kappa shape index (κ1) is 12.2. The van der Waals surface area contributed by atoms with E-state index >= 15 is 0 Å². The summed E-state index contributed by atoms with van der Waals surface area (Å²) in [7, 11) is 0. The highest BCUT2D eigenvalue weighted by molar-refractivity contribution is 6.23. The monoisotopic (exact) mass is 244 g/mol. The molecular weight excluding hydrogens is 232 g/mol. The second-order valence-electron chi connectivity index (χ2n) is 3.88. The van der Waals surface area contributed by atoms with Gasteiger partial charge in [-0.1, -0.05) is 18.2 Å². The zero-order valence-electron chi connectivity index (χ0n) is 9.54. The van der Waals surface area contributed by atoms with Crippen LogP contribution in [0.15, 0.2) is 29.3 Å². The molecule has 92 valence electrons. The number of nitrogens with two attached hydrogens (primary N) is 1. The molecule has 1 aromatic carbocycles. The van der Waals surface area contributed by atoms with E-state index in [0.29, 0.717) is 11.3 Å². The number of benzene rings is 1. The van der Waals surface area contributed by atoms with Gasteiger partial charge in [-0.3, -0.25) is 14.6 Å². The van der Waals surface area contributed by atoms with Crippen LogP contribution in [0.25, 0.3) is 6.08 Å². The number of amides is 1. The minimum atomic E-state index is -0.991. The van der Waals surface area contributed by atoms with Gasteiger partial charge in [0.15, 0.2) is 5.78 Å². The van der Waals surface area contributed by atoms with Crippen molar-refractivity contribution in [2.75, 3.05) is 6.61 Å². The van der Waals surface area contributed by atoms with Gasteiger partial charge >= 0.3 is 0 Å². The van der Waals surface area contributed by atoms with Crippen LogP contribution in [-0.2, 0) is 4.79 Å². The maximum Gasteiger partial charge on any atom is 0.233 e. The second-order valence-corrected chi connectivity index (χ2v) is 3.88. The van der Waals surface area contributed by atoms with Gasteiger partial charge in [-0.15, -0.1) is 0 Å². The highest BCUT2D eigenvalue weighted by atomic mass is 16.2. The number of Topliss-reactive ketones (excluding diaryl/α,β-unsaturated/α-hetero) is 1. The number of aliphatic hydroxyl groups is 1. The standard InChI is InChI=1S/C13H12N2O3/c14-13(18)10-7-15-11-4-3-8(2-1-5-16)6-9(11)12(10)17/h1-4,6-7,10,16H,5H2,(H2,14,18)/b2-1+. The molecule has 0 saturated heterocycles. The summed E-state index contributed by atoms with van der Waals surface area (Å²) in [6.45, 7) is -0.0763. The third-order valence-electron chi connectivity index (χ3n) is 2.65. The maximum atomic E-state index is 12.0. The van der Waals surface area contributed by atoms with Crippen LogP contribution in [0.4, 0.5) is 5.69 Å². The van der Waals surface area contributed by atoms with Gasteiger partial charge in [0.05, 0.1) is 12.3 Å². The summed E-state index contributed by atoms with van der Waals surface area (Å²) in [6, 6.07) is 5.11. The van der Waals surface area contributed by atoms with Crippen LogP contribution in [0.1, 0.15) is 15.9 Å². The Hall–Kier alpha value is -2.27. The van der Waals surface area contributed by atoms with Crippen LogP contribution < -0.4 is 5.73 Å². The molecule has 5 nitrogen and oxygen atoms in total. The van der Waals surface area contributed by atoms with E-state index in [1.807, 2.05) is 0 Å². The molecule has 1 heterocycles. The van der Waals surface area contributed by atoms with E-state index in [2.05, 4.69) is 4.99 Å². The average molecular weight is 244 g/mol. The first-order valence-electron chi connectivity index (χ1n) is 5.42. The third-order valence-corrected chi connectivity index (χ3v) is 2.65. The van der Waals surface area contributed by atoms with Crippen LogP contribution in [0.5, 0.6) is 0 Å². The van der Waals surface area contributed by atoms with Gasteiger partial charge < -0.3 is 10.8 Å². The van der Waals surface area contributed by atoms with Crippen LogP contribution in [0.3, 0.4) is 0 Å². The smallest absolute Gasteiger partial charge is 0.233 e. The number of fused-ring (bicyclic) bond motifs is 1. The lowest BCUT2D eigenvalue weighted by Gasteiger charge is -2.15. The summed E-state index contributed by atoms with van der Waals surface area (Å²) in [5.74, 6) is -2.04. The fourth-order valence-corrected chi connectivity index (χ4v) is 1.75. The molecule has 1 amide bonds. The van der Waals surface area contributed by atoms with Crippen molar-refractivity contribution in [2.45, 2.75) is 0 Å². The summed E-state index contributed by atoms with van der Waals surface area (Å²) < 4.78 is 0. The molecule has 0 aromatic heterocycles. The van der Waals surface area contributed by atoms with Gasteiger partial charge in [-0.05, 0) is 17.7 Å². The molecule has 0 aliphatic carbocycles. The molecule has 0 fully saturated rings. The van der Waals surface area contributed by atoms with Crippen molar-refractivity contribution in [2.24, 2.45) is 16.6 Å². The molecule has 5 heteroatoms. The number of carbonyl (C=O) groups excluding carboxylic acids is 2. The van der Waals surface area contributed by atoms with E-state index in [-0.39, 0.29) is 12.4 Å². The Morgan fingerprint density at radius 1 is 1.50 bits per heavy atom. The number of ketones is 1. The lowest BCUT2D eigenvalue weighted by molar-refractivity contribution is -0.118. The molecular formula is C13H12N2O3. The van der Waals surface area contributed by atoms with Crippen LogP contribution in [0, 0.1) is 5.92 Å². The number of aliphatic hydroxyl groups excluding tert-OH is 1. The zero-order chi connectivity index (χ0) is 13.1. The minimum Gasteiger partial charge on any atom is -0.392 e. The van der Waals surface area contributed by atoms with Gasteiger partial charge in [-0.2, -0.15) is 0 Å². The molecule has 18 heavy (non-hydrogen) atoms. The molecule has 1 unspecified atom stereocenters. The van der Waals surface area contributed by atoms with Crippen LogP contribution >= 0.6 is 0 Å². The fraction of sp³-hybridized carbons (Fsp3) is 0.154. The molecule has 1 aliphatic rings. The summed E-state index contributed by atoms with van der Waals surface area (Å²) >= 11 is 0. The molecule has 2 rings (SSSR count). The van der Waals surface area contributed by atoms with Gasteiger partial charge in [0.2, 0.25) is 5.91 Å². The van der Waals surface area contributed by atoms with E-state index in [0.717, 1.165) is 5.56 Å². The SMILES string of the molecule is NC(=O)C1C=Nc2ccc(/C=C/CO)cc2C1=O. The number of aliphatic imine (C=N–C) groups is 1. The zero-order valence-corrected chi connectivity index (χ0v) is 9.54. The highest BCUT2D eigenvalue weighted by Gasteiger charge is 2.28. The number of hydrogen-bond acceptors (Lipinski definition) is 4. The summed E-state index contributed by atoms with van der Waals surface area (Å²) in [4.78, 5) is 27.2. The van der Waals surface area contributed by atoms with Gasteiger partial charge in [0, 0.05) is 11.8 Å². The predicted molar refractivity (Wildman–Crippen MR) is 67.7 cm³/mol. The Morgan fingerprint density at radius 3 is 2.94 bits per heavy atom. The van der Waals surface area contributed by atoms with E-state index in [1.165, 1.54) is 6.21 Å². The van der Waals surface area contributed by atoms with E-state index in [1.54, 1.807) is 30.4 Å². The topological polar surface area (TPSA) is 92.8 Å². The quantitative estimate of drug-likeness (QED) is 0.766. The fourth-order valence-electron chi connectivity index (χ4n) is 1.75. The molecule has 1 atom stereocenters. The first-order valence-corrected chi connectivity index (χ1v) is 5.42. The molecule has 3 N–H and O–H groups in total. The third kappa shape index (κ3) is 2.21. The van der Waals surface area contributed by atoms with Crippen molar-refractivity contribution in [1.29, 1.82) is 0 Å². The molecule has 1 aliphatic heterocycles. The first-order chi connectivity index (χ1) is 8.63. The van der Waals surface area contributed by atoms with Crippen molar-refractivity contribution in [3.05, 3.63) is 35.4 Å². The van der Waals surface area contributed by atoms with Crippen LogP contribution in [0.2, 0.25) is 0 Å². The number of rotatable bonds is 3. The van der Waals surface area contributed by atoms with Crippen LogP contribution in [-0.4, -0.2) is 29.6 Å². The highest BCUT2D eigenvalue weighted by Crippen LogP contribution is 2.27. The molecule has 0 spiro atoms. The van der Waals surface area contributed by atoms with Gasteiger partial charge in [-0.25, -0.2) is 0 Å². The van der Waals surface area contributed by atoms with Crippen molar-refractivity contribution in [3.8, 4) is 0 Å². The molecule has 0 saturated carbocycles. The lowest BCUT2D eigenvalue weighted by atomic mass is 9.93. The van der Waals surface area contributed by atoms with E-state index in [9.17, 15) is 9.59 Å². The lowest BCUT2D eigenvalue weighted by Crippen LogP contribution is -2.33. The van der Waals surface area contributed by atoms with Crippen molar-refractivity contribution in [1.82, 2.24) is 0 Å². The summed E-state index contributed by atoms with van der Waals surface area (Å²) in [5.41, 5.74) is 6.80. The van der Waals surface area contributed by atoms with E-state index < -0.39 is 11.8 Å². The average Bonchev–Trinajstić information content (AvgIpc) is 2.36. The summed E-state index contributed by atoms with van der Waals surface area (Å²) in [5, 5.41) is 8.69. The van der Waals surface area contributed by atoms with Gasteiger partial charge in [0.25, 0.3) is 0 Å². The Balaban J connectivity index is 2.41. The van der Waals surface area contributed by atoms with Crippen molar-refractivity contribution >= 4 is 29.7 Å². The molecule has 0 radical (unpaired) electrons. The number of hydrogen-bond donors (Lipinski definition) is 2. The molecule has 0 bridgehead atoms. The van der Waals surface area contributed by atoms with Crippen molar-refractivity contribution < 1.29 is 14.7 Å². The largest absolute Gasteiger partial charge is 0.392 e. The Morgan fingerprint density at radius 2 is 2.28 bits per heavy atom. The summed E-state index contributed by atoms with van der Waals surface area (Å²) in [6.07, 6.45) is 4.52. The predicted octanol–water partition coefficient (Wildman–Crippen LogP) is 0.692. The molecule has 1 aromatic rings.